The number of nitrogens with one attached hydrogen (secondary N) is 4. The lowest BCUT2D eigenvalue weighted by atomic mass is 10.0. The Morgan fingerprint density at radius 1 is 1.13 bits per heavy atom. The second kappa shape index (κ2) is 13.5. The average molecular weight is 618 g/mol. The minimum absolute atomic E-state index is 0.0229. The number of amides is 2. The first-order valence-corrected chi connectivity index (χ1v) is 14.4. The summed E-state index contributed by atoms with van der Waals surface area (Å²) in [6.07, 6.45) is 6.55. The number of halogens is 2. The predicted octanol–water partition coefficient (Wildman–Crippen LogP) is 3.76. The molecule has 1 atom stereocenters. The average Bonchev–Trinajstić information content (AvgIpc) is 3.48. The van der Waals surface area contributed by atoms with Crippen LogP contribution in [0.5, 0.6) is 5.75 Å². The number of aromatic nitrogens is 3. The van der Waals surface area contributed by atoms with E-state index in [2.05, 4.69) is 30.9 Å². The Bertz CT molecular complexity index is 1800. The van der Waals surface area contributed by atoms with E-state index in [0.717, 1.165) is 5.56 Å². The van der Waals surface area contributed by atoms with Crippen LogP contribution in [-0.2, 0) is 11.2 Å². The van der Waals surface area contributed by atoms with E-state index in [-0.39, 0.29) is 34.7 Å². The number of carbonyl (C=O) groups is 2. The fourth-order valence-electron chi connectivity index (χ4n) is 5.04. The van der Waals surface area contributed by atoms with Gasteiger partial charge in [0.05, 0.1) is 24.7 Å². The quantitative estimate of drug-likeness (QED) is 0.159. The minimum atomic E-state index is -1.08. The molecular weight excluding hydrogens is 584 g/mol. The van der Waals surface area contributed by atoms with Crippen molar-refractivity contribution in [1.29, 1.82) is 5.41 Å². The smallest absolute Gasteiger partial charge is 0.251 e. The van der Waals surface area contributed by atoms with Crippen LogP contribution in [0, 0.1) is 17.0 Å². The second-order valence-electron chi connectivity index (χ2n) is 10.4. The van der Waals surface area contributed by atoms with Crippen LogP contribution in [0.25, 0.3) is 16.9 Å². The monoisotopic (exact) mass is 617 g/mol. The van der Waals surface area contributed by atoms with E-state index in [1.807, 2.05) is 13.0 Å². The van der Waals surface area contributed by atoms with Crippen molar-refractivity contribution in [2.45, 2.75) is 38.6 Å². The fourth-order valence-corrected chi connectivity index (χ4v) is 5.04. The summed E-state index contributed by atoms with van der Waals surface area (Å²) in [5, 5.41) is 16.5. The topological polar surface area (TPSA) is 172 Å². The van der Waals surface area contributed by atoms with Crippen LogP contribution in [0.1, 0.15) is 42.1 Å². The van der Waals surface area contributed by atoms with Gasteiger partial charge in [-0.25, -0.2) is 14.4 Å². The molecule has 12 nitrogen and oxygen atoms in total. The second-order valence-corrected chi connectivity index (χ2v) is 10.4. The van der Waals surface area contributed by atoms with E-state index < -0.39 is 17.7 Å². The number of nitrogens with two attached hydrogens (primary N) is 1. The first-order valence-electron chi connectivity index (χ1n) is 14.4. The van der Waals surface area contributed by atoms with E-state index in [1.54, 1.807) is 22.7 Å². The number of rotatable bonds is 11. The Labute approximate surface area is 257 Å². The fraction of sp³-hybridized carbons (Fsp3) is 0.290. The van der Waals surface area contributed by atoms with Crippen LogP contribution >= 0.6 is 0 Å². The molecule has 14 heteroatoms. The number of hydrogen-bond donors (Lipinski definition) is 5. The van der Waals surface area contributed by atoms with E-state index in [4.69, 9.17) is 15.9 Å². The summed E-state index contributed by atoms with van der Waals surface area (Å²) >= 11 is 0. The summed E-state index contributed by atoms with van der Waals surface area (Å²) < 4.78 is 35.7. The van der Waals surface area contributed by atoms with Crippen LogP contribution in [0.2, 0.25) is 0 Å². The number of amidine groups is 1. The summed E-state index contributed by atoms with van der Waals surface area (Å²) in [4.78, 5) is 38.1. The Hall–Kier alpha value is -5.40. The molecule has 0 saturated heterocycles. The molecule has 1 aliphatic heterocycles. The molecule has 0 fully saturated rings. The van der Waals surface area contributed by atoms with Crippen LogP contribution in [0.15, 0.2) is 53.9 Å². The van der Waals surface area contributed by atoms with Gasteiger partial charge in [0, 0.05) is 42.3 Å². The normalized spacial score (nSPS) is 14.6. The van der Waals surface area contributed by atoms with Gasteiger partial charge in [-0.15, -0.1) is 0 Å². The molecule has 3 heterocycles. The van der Waals surface area contributed by atoms with Crippen LogP contribution in [0.4, 0.5) is 20.3 Å². The van der Waals surface area contributed by atoms with Crippen molar-refractivity contribution < 1.29 is 23.1 Å². The van der Waals surface area contributed by atoms with Gasteiger partial charge in [0.15, 0.2) is 23.0 Å². The highest BCUT2D eigenvalue weighted by Gasteiger charge is 2.23. The highest BCUT2D eigenvalue weighted by Crippen LogP contribution is 2.31. The molecule has 0 saturated carbocycles. The molecule has 45 heavy (non-hydrogen) atoms. The van der Waals surface area contributed by atoms with Gasteiger partial charge in [-0.1, -0.05) is 6.92 Å². The van der Waals surface area contributed by atoms with Crippen LogP contribution in [-0.4, -0.2) is 64.0 Å². The first-order chi connectivity index (χ1) is 21.7. The first kappa shape index (κ1) is 31.0. The van der Waals surface area contributed by atoms with E-state index in [0.29, 0.717) is 67.2 Å². The van der Waals surface area contributed by atoms with Crippen LogP contribution < -0.4 is 26.4 Å². The molecule has 5 rings (SSSR count). The summed E-state index contributed by atoms with van der Waals surface area (Å²) in [5.74, 6) is -2.31. The SMILES string of the molecule is CCc1cc(Nc2nccn3c(-c4ccc(OC)c(F)c4F)cnc23)ccc1C(=O)NCCCNC(=O)C1CCC(=N)C(N)=N1. The lowest BCUT2D eigenvalue weighted by Gasteiger charge is -2.18. The highest BCUT2D eigenvalue weighted by molar-refractivity contribution is 6.40. The lowest BCUT2D eigenvalue weighted by molar-refractivity contribution is -0.122. The van der Waals surface area contributed by atoms with Gasteiger partial charge in [-0.3, -0.25) is 19.0 Å². The third-order valence-electron chi connectivity index (χ3n) is 7.48. The van der Waals surface area contributed by atoms with Gasteiger partial charge in [0.2, 0.25) is 11.7 Å². The van der Waals surface area contributed by atoms with Gasteiger partial charge < -0.3 is 31.8 Å². The molecule has 1 aliphatic rings. The maximum atomic E-state index is 14.8. The number of benzene rings is 2. The van der Waals surface area contributed by atoms with Gasteiger partial charge in [0.1, 0.15) is 11.9 Å². The number of methoxy groups -OCH3 is 1. The number of imidazole rings is 1. The largest absolute Gasteiger partial charge is 0.494 e. The van der Waals surface area contributed by atoms with Crippen molar-refractivity contribution in [3.8, 4) is 17.0 Å². The number of nitrogens with zero attached hydrogens (tertiary/aromatic N) is 4. The maximum absolute atomic E-state index is 14.8. The van der Waals surface area contributed by atoms with Gasteiger partial charge in [-0.05, 0) is 61.6 Å². The molecule has 234 valence electrons. The van der Waals surface area contributed by atoms with E-state index >= 15 is 0 Å². The van der Waals surface area contributed by atoms with E-state index in [1.165, 1.54) is 31.6 Å². The Morgan fingerprint density at radius 3 is 2.69 bits per heavy atom. The molecule has 0 bridgehead atoms. The lowest BCUT2D eigenvalue weighted by Crippen LogP contribution is -2.40. The molecule has 2 amide bonds. The van der Waals surface area contributed by atoms with Gasteiger partial charge in [0.25, 0.3) is 5.91 Å². The van der Waals surface area contributed by atoms with E-state index in [9.17, 15) is 18.4 Å². The Morgan fingerprint density at radius 2 is 1.93 bits per heavy atom. The number of aliphatic imine (C=N–C) groups is 1. The third-order valence-corrected chi connectivity index (χ3v) is 7.48. The summed E-state index contributed by atoms with van der Waals surface area (Å²) in [6, 6.07) is 7.50. The summed E-state index contributed by atoms with van der Waals surface area (Å²) in [6.45, 7) is 2.66. The van der Waals surface area contributed by atoms with Gasteiger partial charge >= 0.3 is 0 Å². The zero-order valence-electron chi connectivity index (χ0n) is 24.8. The van der Waals surface area contributed by atoms with Crippen molar-refractivity contribution in [2.75, 3.05) is 25.5 Å². The highest BCUT2D eigenvalue weighted by atomic mass is 19.2. The zero-order chi connectivity index (χ0) is 32.1. The minimum Gasteiger partial charge on any atom is -0.494 e. The van der Waals surface area contributed by atoms with Crippen molar-refractivity contribution in [2.24, 2.45) is 10.7 Å². The molecule has 1 unspecified atom stereocenters. The molecule has 2 aromatic heterocycles. The molecular formula is C31H33F2N9O3. The molecule has 2 aromatic carbocycles. The van der Waals surface area contributed by atoms with Crippen LogP contribution in [0.3, 0.4) is 0 Å². The predicted molar refractivity (Wildman–Crippen MR) is 166 cm³/mol. The molecule has 0 aliphatic carbocycles. The summed E-state index contributed by atoms with van der Waals surface area (Å²) in [7, 11) is 1.27. The number of fused-ring (bicyclic) bond motifs is 1. The van der Waals surface area contributed by atoms with Gasteiger partial charge in [-0.2, -0.15) is 4.39 Å². The molecule has 0 radical (unpaired) electrons. The number of anilines is 2. The van der Waals surface area contributed by atoms with Crippen molar-refractivity contribution in [3.05, 3.63) is 71.7 Å². The van der Waals surface area contributed by atoms with Crippen molar-refractivity contribution in [3.63, 3.8) is 0 Å². The standard InChI is InChI=1S/C31H33F2N9O3/c1-3-17-15-18(5-6-19(17)30(43)37-11-4-12-38-31(44)22-9-8-21(34)27(35)41-22)40-28-29-39-16-23(42(29)14-13-36-28)20-7-10-24(45-2)26(33)25(20)32/h5-7,10,13-16,22,34H,3-4,8-9,11-12H2,1-2H3,(H2,35,41)(H,36,40)(H,37,43)(H,38,44). The number of hydrogen-bond acceptors (Lipinski definition) is 9. The number of ether oxygens (including phenoxy) is 1. The number of aryl methyl sites for hydroxylation is 1. The number of carbonyl (C=O) groups excluding carboxylic acids is 2. The molecule has 4 aromatic rings. The third kappa shape index (κ3) is 6.59. The molecule has 6 N–H and O–H groups in total. The summed E-state index contributed by atoms with van der Waals surface area (Å²) in [5.41, 5.74) is 8.66. The molecule has 0 spiro atoms. The Kier molecular flexibility index (Phi) is 9.31. The Balaban J connectivity index is 1.21. The van der Waals surface area contributed by atoms with Crippen molar-refractivity contribution in [1.82, 2.24) is 25.0 Å². The zero-order valence-corrected chi connectivity index (χ0v) is 24.8. The van der Waals surface area contributed by atoms with Crippen molar-refractivity contribution >= 4 is 40.5 Å². The maximum Gasteiger partial charge on any atom is 0.251 e.